The van der Waals surface area contributed by atoms with E-state index in [1.165, 1.54) is 0 Å². The van der Waals surface area contributed by atoms with Crippen LogP contribution in [0.3, 0.4) is 0 Å². The van der Waals surface area contributed by atoms with Gasteiger partial charge < -0.3 is 14.2 Å². The molecule has 1 N–H and O–H groups in total. The number of para-hydroxylation sites is 1. The summed E-state index contributed by atoms with van der Waals surface area (Å²) in [5.41, 5.74) is 2.64. The number of nitrogens with zero attached hydrogens (tertiary/aromatic N) is 1. The fraction of sp³-hybridized carbons (Fsp3) is 0.316. The van der Waals surface area contributed by atoms with Crippen molar-refractivity contribution >= 4 is 10.9 Å². The van der Waals surface area contributed by atoms with Gasteiger partial charge in [-0.2, -0.15) is 5.10 Å². The summed E-state index contributed by atoms with van der Waals surface area (Å²) in [6, 6.07) is 11.8. The Labute approximate surface area is 141 Å². The Bertz CT molecular complexity index is 799. The summed E-state index contributed by atoms with van der Waals surface area (Å²) in [7, 11) is 0. The van der Waals surface area contributed by atoms with Crippen LogP contribution in [0.2, 0.25) is 0 Å². The fourth-order valence-corrected chi connectivity index (χ4v) is 2.74. The van der Waals surface area contributed by atoms with Crippen LogP contribution in [0.25, 0.3) is 22.2 Å². The molecule has 2 aromatic carbocycles. The van der Waals surface area contributed by atoms with Crippen LogP contribution in [0.1, 0.15) is 20.8 Å². The highest BCUT2D eigenvalue weighted by atomic mass is 16.5. The van der Waals surface area contributed by atoms with Gasteiger partial charge in [-0.05, 0) is 26.8 Å². The molecule has 0 amide bonds. The molecule has 1 aromatic heterocycles. The molecule has 0 saturated heterocycles. The molecule has 1 heterocycles. The van der Waals surface area contributed by atoms with Crippen LogP contribution in [-0.2, 0) is 0 Å². The van der Waals surface area contributed by atoms with Gasteiger partial charge in [0.2, 0.25) is 0 Å². The van der Waals surface area contributed by atoms with Crippen molar-refractivity contribution in [3.05, 3.63) is 36.4 Å². The quantitative estimate of drug-likeness (QED) is 0.698. The Kier molecular flexibility index (Phi) is 4.89. The average molecular weight is 326 g/mol. The molecule has 0 fully saturated rings. The number of H-pyrrole nitrogens is 1. The molecule has 126 valence electrons. The molecular weight excluding hydrogens is 304 g/mol. The largest absolute Gasteiger partial charge is 0.494 e. The van der Waals surface area contributed by atoms with E-state index in [-0.39, 0.29) is 0 Å². The van der Waals surface area contributed by atoms with Gasteiger partial charge in [-0.1, -0.05) is 18.2 Å². The Balaban J connectivity index is 2.23. The minimum Gasteiger partial charge on any atom is -0.494 e. The van der Waals surface area contributed by atoms with E-state index in [1.54, 1.807) is 0 Å². The molecule has 5 heteroatoms. The van der Waals surface area contributed by atoms with Crippen molar-refractivity contribution in [3.63, 3.8) is 0 Å². The highest BCUT2D eigenvalue weighted by Crippen LogP contribution is 2.43. The van der Waals surface area contributed by atoms with E-state index in [9.17, 15) is 0 Å². The van der Waals surface area contributed by atoms with Crippen LogP contribution in [0, 0.1) is 0 Å². The van der Waals surface area contributed by atoms with Gasteiger partial charge in [0.15, 0.2) is 0 Å². The van der Waals surface area contributed by atoms with Crippen molar-refractivity contribution in [2.75, 3.05) is 19.8 Å². The second kappa shape index (κ2) is 7.25. The summed E-state index contributed by atoms with van der Waals surface area (Å²) >= 11 is 0. The highest BCUT2D eigenvalue weighted by molar-refractivity contribution is 5.96. The van der Waals surface area contributed by atoms with Crippen LogP contribution in [-0.4, -0.2) is 30.0 Å². The maximum Gasteiger partial charge on any atom is 0.136 e. The van der Waals surface area contributed by atoms with E-state index >= 15 is 0 Å². The molecule has 24 heavy (non-hydrogen) atoms. The van der Waals surface area contributed by atoms with E-state index < -0.39 is 0 Å². The number of rotatable bonds is 7. The van der Waals surface area contributed by atoms with Crippen molar-refractivity contribution in [2.45, 2.75) is 20.8 Å². The number of hydrogen-bond acceptors (Lipinski definition) is 4. The minimum atomic E-state index is 0.552. The highest BCUT2D eigenvalue weighted by Gasteiger charge is 2.20. The molecule has 3 rings (SSSR count). The predicted octanol–water partition coefficient (Wildman–Crippen LogP) is 4.43. The first-order valence-corrected chi connectivity index (χ1v) is 8.28. The minimum absolute atomic E-state index is 0.552. The first kappa shape index (κ1) is 16.2. The second-order valence-electron chi connectivity index (χ2n) is 5.21. The average Bonchev–Trinajstić information content (AvgIpc) is 3.00. The van der Waals surface area contributed by atoms with Crippen LogP contribution in [0.15, 0.2) is 36.4 Å². The van der Waals surface area contributed by atoms with Gasteiger partial charge >= 0.3 is 0 Å². The fourth-order valence-electron chi connectivity index (χ4n) is 2.74. The lowest BCUT2D eigenvalue weighted by Gasteiger charge is -2.16. The number of aromatic amines is 1. The van der Waals surface area contributed by atoms with Gasteiger partial charge in [0.05, 0.1) is 30.9 Å². The zero-order chi connectivity index (χ0) is 16.9. The van der Waals surface area contributed by atoms with Crippen molar-refractivity contribution in [1.29, 1.82) is 0 Å². The zero-order valence-electron chi connectivity index (χ0n) is 14.3. The first-order chi connectivity index (χ1) is 11.8. The smallest absolute Gasteiger partial charge is 0.136 e. The summed E-state index contributed by atoms with van der Waals surface area (Å²) in [6.07, 6.45) is 0. The number of fused-ring (bicyclic) bond motifs is 1. The molecule has 5 nitrogen and oxygen atoms in total. The van der Waals surface area contributed by atoms with Crippen LogP contribution in [0.5, 0.6) is 17.2 Å². The topological polar surface area (TPSA) is 56.4 Å². The number of aromatic nitrogens is 2. The van der Waals surface area contributed by atoms with Crippen molar-refractivity contribution in [3.8, 4) is 28.5 Å². The van der Waals surface area contributed by atoms with Gasteiger partial charge in [-0.15, -0.1) is 0 Å². The van der Waals surface area contributed by atoms with Gasteiger partial charge in [-0.3, -0.25) is 5.10 Å². The standard InChI is InChI=1S/C19H22N2O3/c1-4-22-13-11-16(23-5-2)18(17(12-13)24-6-3)19-14-9-7-8-10-15(14)20-21-19/h7-12H,4-6H2,1-3H3,(H,20,21). The Morgan fingerprint density at radius 2 is 1.50 bits per heavy atom. The number of ether oxygens (including phenoxy) is 3. The third-order valence-corrected chi connectivity index (χ3v) is 3.66. The van der Waals surface area contributed by atoms with Gasteiger partial charge in [-0.25, -0.2) is 0 Å². The lowest BCUT2D eigenvalue weighted by Crippen LogP contribution is -2.01. The maximum absolute atomic E-state index is 5.87. The molecule has 0 bridgehead atoms. The second-order valence-corrected chi connectivity index (χ2v) is 5.21. The molecule has 0 aliphatic heterocycles. The summed E-state index contributed by atoms with van der Waals surface area (Å²) in [4.78, 5) is 0. The summed E-state index contributed by atoms with van der Waals surface area (Å²) in [5, 5.41) is 8.61. The number of nitrogens with one attached hydrogen (secondary N) is 1. The summed E-state index contributed by atoms with van der Waals surface area (Å²) < 4.78 is 17.4. The maximum atomic E-state index is 5.87. The Morgan fingerprint density at radius 1 is 0.875 bits per heavy atom. The third-order valence-electron chi connectivity index (χ3n) is 3.66. The van der Waals surface area contributed by atoms with Crippen LogP contribution >= 0.6 is 0 Å². The van der Waals surface area contributed by atoms with E-state index in [2.05, 4.69) is 10.2 Å². The normalized spacial score (nSPS) is 10.8. The molecule has 0 unspecified atom stereocenters. The van der Waals surface area contributed by atoms with E-state index in [4.69, 9.17) is 14.2 Å². The van der Waals surface area contributed by atoms with Gasteiger partial charge in [0.1, 0.15) is 22.9 Å². The predicted molar refractivity (Wildman–Crippen MR) is 95.0 cm³/mol. The van der Waals surface area contributed by atoms with Crippen molar-refractivity contribution in [1.82, 2.24) is 10.2 Å². The molecule has 0 aliphatic carbocycles. The molecule has 0 aliphatic rings. The molecule has 3 aromatic rings. The van der Waals surface area contributed by atoms with Crippen molar-refractivity contribution in [2.24, 2.45) is 0 Å². The van der Waals surface area contributed by atoms with E-state index in [1.807, 2.05) is 57.2 Å². The lowest BCUT2D eigenvalue weighted by molar-refractivity contribution is 0.309. The SMILES string of the molecule is CCOc1cc(OCC)c(-c2n[nH]c3ccccc23)c(OCC)c1. The zero-order valence-corrected chi connectivity index (χ0v) is 14.3. The molecule has 0 atom stereocenters. The van der Waals surface area contributed by atoms with Crippen molar-refractivity contribution < 1.29 is 14.2 Å². The van der Waals surface area contributed by atoms with Gasteiger partial charge in [0.25, 0.3) is 0 Å². The van der Waals surface area contributed by atoms with Crippen LogP contribution in [0.4, 0.5) is 0 Å². The third kappa shape index (κ3) is 3.02. The molecule has 0 saturated carbocycles. The summed E-state index contributed by atoms with van der Waals surface area (Å²) in [5.74, 6) is 2.15. The lowest BCUT2D eigenvalue weighted by atomic mass is 10.0. The molecule has 0 spiro atoms. The first-order valence-electron chi connectivity index (χ1n) is 8.28. The van der Waals surface area contributed by atoms with E-state index in [0.717, 1.165) is 27.9 Å². The molecular formula is C19H22N2O3. The molecule has 0 radical (unpaired) electrons. The number of benzene rings is 2. The Hall–Kier alpha value is -2.69. The summed E-state index contributed by atoms with van der Waals surface area (Å²) in [6.45, 7) is 7.56. The Morgan fingerprint density at radius 3 is 2.12 bits per heavy atom. The number of hydrogen-bond donors (Lipinski definition) is 1. The van der Waals surface area contributed by atoms with E-state index in [0.29, 0.717) is 31.3 Å². The van der Waals surface area contributed by atoms with Gasteiger partial charge in [0, 0.05) is 17.5 Å². The van der Waals surface area contributed by atoms with Crippen LogP contribution < -0.4 is 14.2 Å². The monoisotopic (exact) mass is 326 g/mol.